The van der Waals surface area contributed by atoms with Crippen LogP contribution in [0.3, 0.4) is 0 Å². The van der Waals surface area contributed by atoms with Crippen molar-refractivity contribution in [2.45, 2.75) is 19.0 Å². The number of halogens is 2. The van der Waals surface area contributed by atoms with E-state index in [0.717, 1.165) is 16.1 Å². The first-order valence-corrected chi connectivity index (χ1v) is 15.0. The maximum atomic E-state index is 14.0. The number of carbonyl (C=O) groups is 2. The average Bonchev–Trinajstić information content (AvgIpc) is 2.94. The van der Waals surface area contributed by atoms with Gasteiger partial charge in [-0.1, -0.05) is 59.6 Å². The van der Waals surface area contributed by atoms with Crippen LogP contribution in [-0.4, -0.2) is 64.2 Å². The summed E-state index contributed by atoms with van der Waals surface area (Å²) in [6.45, 7) is 0.132. The summed E-state index contributed by atoms with van der Waals surface area (Å²) in [7, 11) is -2.43. The van der Waals surface area contributed by atoms with Crippen molar-refractivity contribution in [1.29, 1.82) is 0 Å². The first-order chi connectivity index (χ1) is 19.1. The minimum absolute atomic E-state index is 0.0145. The highest BCUT2D eigenvalue weighted by molar-refractivity contribution is 7.92. The second kappa shape index (κ2) is 12.8. The Kier molecular flexibility index (Phi) is 9.44. The van der Waals surface area contributed by atoms with Gasteiger partial charge in [0.25, 0.3) is 0 Å². The molecule has 0 radical (unpaired) electrons. The second-order valence-electron chi connectivity index (χ2n) is 9.19. The summed E-state index contributed by atoms with van der Waals surface area (Å²) in [5, 5.41) is 3.27. The van der Waals surface area contributed by atoms with Gasteiger partial charge in [-0.15, -0.1) is 0 Å². The fourth-order valence-corrected chi connectivity index (χ4v) is 5.52. The molecular weight excluding hydrogens is 577 g/mol. The Morgan fingerprint density at radius 1 is 0.925 bits per heavy atom. The van der Waals surface area contributed by atoms with E-state index in [1.54, 1.807) is 30.3 Å². The summed E-state index contributed by atoms with van der Waals surface area (Å²) in [5.74, 6) is -0.123. The van der Waals surface area contributed by atoms with Crippen molar-refractivity contribution in [3.05, 3.63) is 87.9 Å². The summed E-state index contributed by atoms with van der Waals surface area (Å²) in [4.78, 5) is 28.5. The molecular formula is C28H29Cl2N3O6S. The van der Waals surface area contributed by atoms with Crippen LogP contribution in [0.2, 0.25) is 10.0 Å². The maximum Gasteiger partial charge on any atom is 0.244 e. The number of hydrogen-bond acceptors (Lipinski definition) is 6. The third kappa shape index (κ3) is 7.18. The molecule has 1 unspecified atom stereocenters. The summed E-state index contributed by atoms with van der Waals surface area (Å²) >= 11 is 12.3. The van der Waals surface area contributed by atoms with Crippen LogP contribution in [-0.2, 0) is 32.6 Å². The SMILES string of the molecule is CNC(=O)C(Cc1ccccc1)N(Cc1ccc(Cl)c(Cl)c1)C(=O)CN(c1ccc2c(c1)OCCO2)S(C)(=O)=O. The number of likely N-dealkylation sites (N-methyl/N-ethyl adjacent to an activating group) is 1. The molecule has 1 aliphatic heterocycles. The van der Waals surface area contributed by atoms with E-state index in [0.29, 0.717) is 40.3 Å². The molecule has 1 aliphatic rings. The number of anilines is 1. The standard InChI is InChI=1S/C28H29Cl2N3O6S/c1-31-28(35)24(15-19-6-4-3-5-7-19)32(17-20-8-10-22(29)23(30)14-20)27(34)18-33(40(2,36)37)21-9-11-25-26(16-21)39-13-12-38-25/h3-11,14,16,24H,12-13,15,17-18H2,1-2H3,(H,31,35). The van der Waals surface area contributed by atoms with Crippen LogP contribution in [0.4, 0.5) is 5.69 Å². The van der Waals surface area contributed by atoms with Crippen molar-refractivity contribution in [2.24, 2.45) is 0 Å². The van der Waals surface area contributed by atoms with Crippen LogP contribution in [0.25, 0.3) is 0 Å². The number of nitrogens with one attached hydrogen (secondary N) is 1. The monoisotopic (exact) mass is 605 g/mol. The molecule has 1 heterocycles. The molecule has 212 valence electrons. The number of amides is 2. The van der Waals surface area contributed by atoms with Gasteiger partial charge in [0.2, 0.25) is 21.8 Å². The molecule has 0 aliphatic carbocycles. The Morgan fingerprint density at radius 3 is 2.27 bits per heavy atom. The van der Waals surface area contributed by atoms with E-state index in [9.17, 15) is 18.0 Å². The van der Waals surface area contributed by atoms with Crippen LogP contribution >= 0.6 is 23.2 Å². The fraction of sp³-hybridized carbons (Fsp3) is 0.286. The number of fused-ring (bicyclic) bond motifs is 1. The molecule has 0 saturated carbocycles. The third-order valence-electron chi connectivity index (χ3n) is 6.35. The first kappa shape index (κ1) is 29.5. The molecule has 40 heavy (non-hydrogen) atoms. The fourth-order valence-electron chi connectivity index (χ4n) is 4.36. The number of carbonyl (C=O) groups excluding carboxylic acids is 2. The quantitative estimate of drug-likeness (QED) is 0.375. The van der Waals surface area contributed by atoms with Crippen LogP contribution in [0.5, 0.6) is 11.5 Å². The molecule has 9 nitrogen and oxygen atoms in total. The van der Waals surface area contributed by atoms with Gasteiger partial charge in [-0.05, 0) is 35.4 Å². The number of sulfonamides is 1. The van der Waals surface area contributed by atoms with E-state index in [4.69, 9.17) is 32.7 Å². The van der Waals surface area contributed by atoms with E-state index in [-0.39, 0.29) is 18.7 Å². The predicted octanol–water partition coefficient (Wildman–Crippen LogP) is 3.92. The number of nitrogens with zero attached hydrogens (tertiary/aromatic N) is 2. The van der Waals surface area contributed by atoms with Gasteiger partial charge >= 0.3 is 0 Å². The molecule has 3 aromatic rings. The van der Waals surface area contributed by atoms with Gasteiger partial charge < -0.3 is 19.7 Å². The Hall–Kier alpha value is -3.47. The van der Waals surface area contributed by atoms with Crippen LogP contribution in [0.1, 0.15) is 11.1 Å². The highest BCUT2D eigenvalue weighted by Gasteiger charge is 2.33. The Morgan fingerprint density at radius 2 is 1.62 bits per heavy atom. The van der Waals surface area contributed by atoms with Crippen LogP contribution < -0.4 is 19.1 Å². The summed E-state index contributed by atoms with van der Waals surface area (Å²) in [6, 6.07) is 17.9. The molecule has 3 aromatic carbocycles. The zero-order valence-corrected chi connectivity index (χ0v) is 24.3. The smallest absolute Gasteiger partial charge is 0.244 e. The van der Waals surface area contributed by atoms with Crippen LogP contribution in [0, 0.1) is 0 Å². The highest BCUT2D eigenvalue weighted by atomic mass is 35.5. The van der Waals surface area contributed by atoms with Gasteiger partial charge in [0.1, 0.15) is 25.8 Å². The lowest BCUT2D eigenvalue weighted by atomic mass is 10.0. The van der Waals surface area contributed by atoms with Crippen molar-refractivity contribution >= 4 is 50.7 Å². The van der Waals surface area contributed by atoms with Gasteiger partial charge in [0, 0.05) is 26.1 Å². The number of rotatable bonds is 10. The minimum Gasteiger partial charge on any atom is -0.486 e. The third-order valence-corrected chi connectivity index (χ3v) is 8.23. The molecule has 1 atom stereocenters. The van der Waals surface area contributed by atoms with Crippen molar-refractivity contribution in [3.63, 3.8) is 0 Å². The number of ether oxygens (including phenoxy) is 2. The highest BCUT2D eigenvalue weighted by Crippen LogP contribution is 2.35. The summed E-state index contributed by atoms with van der Waals surface area (Å²) in [5.41, 5.74) is 1.68. The maximum absolute atomic E-state index is 14.0. The predicted molar refractivity (Wildman–Crippen MR) is 155 cm³/mol. The Labute approximate surface area is 243 Å². The molecule has 0 aromatic heterocycles. The lowest BCUT2D eigenvalue weighted by Gasteiger charge is -2.33. The van der Waals surface area contributed by atoms with Gasteiger partial charge in [-0.2, -0.15) is 0 Å². The second-order valence-corrected chi connectivity index (χ2v) is 11.9. The Bertz CT molecular complexity index is 1490. The summed E-state index contributed by atoms with van der Waals surface area (Å²) < 4.78 is 38.0. The summed E-state index contributed by atoms with van der Waals surface area (Å²) in [6.07, 6.45) is 1.22. The molecule has 0 bridgehead atoms. The van der Waals surface area contributed by atoms with Gasteiger partial charge in [0.15, 0.2) is 11.5 Å². The number of hydrogen-bond donors (Lipinski definition) is 1. The first-order valence-electron chi connectivity index (χ1n) is 12.4. The lowest BCUT2D eigenvalue weighted by Crippen LogP contribution is -2.52. The minimum atomic E-state index is -3.92. The zero-order chi connectivity index (χ0) is 28.9. The van der Waals surface area contributed by atoms with E-state index in [2.05, 4.69) is 5.32 Å². The molecule has 4 rings (SSSR count). The van der Waals surface area contributed by atoms with Crippen LogP contribution in [0.15, 0.2) is 66.7 Å². The van der Waals surface area contributed by atoms with Gasteiger partial charge in [0.05, 0.1) is 22.0 Å². The topological polar surface area (TPSA) is 105 Å². The van der Waals surface area contributed by atoms with E-state index < -0.39 is 34.4 Å². The lowest BCUT2D eigenvalue weighted by molar-refractivity contribution is -0.139. The average molecular weight is 607 g/mol. The van der Waals surface area contributed by atoms with E-state index in [1.165, 1.54) is 18.0 Å². The van der Waals surface area contributed by atoms with Gasteiger partial charge in [-0.25, -0.2) is 8.42 Å². The van der Waals surface area contributed by atoms with Gasteiger partial charge in [-0.3, -0.25) is 13.9 Å². The molecule has 2 amide bonds. The molecule has 0 spiro atoms. The normalized spacial score (nSPS) is 13.3. The zero-order valence-electron chi connectivity index (χ0n) is 22.0. The van der Waals surface area contributed by atoms with Crippen molar-refractivity contribution in [2.75, 3.05) is 37.4 Å². The van der Waals surface area contributed by atoms with E-state index >= 15 is 0 Å². The largest absolute Gasteiger partial charge is 0.486 e. The van der Waals surface area contributed by atoms with Crippen molar-refractivity contribution in [1.82, 2.24) is 10.2 Å². The molecule has 0 fully saturated rings. The van der Waals surface area contributed by atoms with E-state index in [1.807, 2.05) is 30.3 Å². The molecule has 1 N–H and O–H groups in total. The molecule has 12 heteroatoms. The Balaban J connectivity index is 1.72. The molecule has 0 saturated heterocycles. The van der Waals surface area contributed by atoms with Crippen molar-refractivity contribution in [3.8, 4) is 11.5 Å². The number of benzene rings is 3. The van der Waals surface area contributed by atoms with Crippen molar-refractivity contribution < 1.29 is 27.5 Å².